The van der Waals surface area contributed by atoms with Gasteiger partial charge in [0.25, 0.3) is 5.69 Å². The van der Waals surface area contributed by atoms with Crippen LogP contribution in [0.1, 0.15) is 10.4 Å². The summed E-state index contributed by atoms with van der Waals surface area (Å²) in [5, 5.41) is 24.3. The van der Waals surface area contributed by atoms with Crippen LogP contribution in [0.15, 0.2) is 36.8 Å². The van der Waals surface area contributed by atoms with E-state index in [-0.39, 0.29) is 11.5 Å². The average Bonchev–Trinajstić information content (AvgIpc) is 2.48. The smallest absolute Gasteiger partial charge is 0.338 e. The minimum atomic E-state index is -1.40. The van der Waals surface area contributed by atoms with Crippen LogP contribution in [0.5, 0.6) is 0 Å². The molecule has 1 aromatic carbocycles. The Balaban J connectivity index is 2.20. The number of hydrogen-bond acceptors (Lipinski definition) is 6. The summed E-state index contributed by atoms with van der Waals surface area (Å²) in [6.45, 7) is 0. The fraction of sp³-hybridized carbons (Fsp3) is 0. The second-order valence-electron chi connectivity index (χ2n) is 3.96. The molecule has 0 bridgehead atoms. The Bertz CT molecular complexity index is 734. The Hall–Kier alpha value is -3.56. The van der Waals surface area contributed by atoms with Crippen molar-refractivity contribution in [2.45, 2.75) is 0 Å². The van der Waals surface area contributed by atoms with Crippen LogP contribution in [0.2, 0.25) is 0 Å². The third-order valence-corrected chi connectivity index (χ3v) is 2.50. The molecule has 0 aliphatic rings. The van der Waals surface area contributed by atoms with Gasteiger partial charge < -0.3 is 10.4 Å². The molecule has 0 radical (unpaired) electrons. The third-order valence-electron chi connectivity index (χ3n) is 2.50. The van der Waals surface area contributed by atoms with Crippen LogP contribution in [0.4, 0.5) is 22.0 Å². The van der Waals surface area contributed by atoms with E-state index in [0.717, 1.165) is 18.2 Å². The standard InChI is InChI=1S/C12H9N5O5/c18-11(19)8-5-7(17(21)22)1-2-9(8)15-12(20)16-10-6-13-3-4-14-10/h1-6H,(H,18,19)(H2,14,15,16,20). The lowest BCUT2D eigenvalue weighted by Gasteiger charge is -2.09. The highest BCUT2D eigenvalue weighted by Gasteiger charge is 2.17. The number of benzene rings is 1. The maximum absolute atomic E-state index is 11.8. The van der Waals surface area contributed by atoms with E-state index in [1.165, 1.54) is 18.6 Å². The first-order valence-corrected chi connectivity index (χ1v) is 5.83. The zero-order valence-electron chi connectivity index (χ0n) is 10.9. The molecule has 10 heteroatoms. The molecule has 0 atom stereocenters. The Kier molecular flexibility index (Phi) is 4.22. The highest BCUT2D eigenvalue weighted by molar-refractivity contribution is 6.04. The Morgan fingerprint density at radius 1 is 1.23 bits per heavy atom. The molecule has 2 amide bonds. The van der Waals surface area contributed by atoms with Crippen molar-refractivity contribution in [2.75, 3.05) is 10.6 Å². The van der Waals surface area contributed by atoms with Crippen LogP contribution in [0.25, 0.3) is 0 Å². The van der Waals surface area contributed by atoms with E-state index < -0.39 is 28.2 Å². The lowest BCUT2D eigenvalue weighted by atomic mass is 10.1. The fourth-order valence-electron chi connectivity index (χ4n) is 1.57. The van der Waals surface area contributed by atoms with Crippen molar-refractivity contribution < 1.29 is 19.6 Å². The summed E-state index contributed by atoms with van der Waals surface area (Å²) in [4.78, 5) is 40.4. The molecule has 0 spiro atoms. The minimum absolute atomic E-state index is 0.0838. The predicted octanol–water partition coefficient (Wildman–Crippen LogP) is 1.73. The van der Waals surface area contributed by atoms with Gasteiger partial charge >= 0.3 is 12.0 Å². The lowest BCUT2D eigenvalue weighted by Crippen LogP contribution is -2.21. The third kappa shape index (κ3) is 3.50. The van der Waals surface area contributed by atoms with Gasteiger partial charge in [-0.1, -0.05) is 0 Å². The lowest BCUT2D eigenvalue weighted by molar-refractivity contribution is -0.384. The van der Waals surface area contributed by atoms with Crippen molar-refractivity contribution in [1.29, 1.82) is 0 Å². The normalized spacial score (nSPS) is 9.82. The summed E-state index contributed by atoms with van der Waals surface area (Å²) in [5.74, 6) is -1.24. The highest BCUT2D eigenvalue weighted by Crippen LogP contribution is 2.22. The van der Waals surface area contributed by atoms with Crippen molar-refractivity contribution in [1.82, 2.24) is 9.97 Å². The summed E-state index contributed by atoms with van der Waals surface area (Å²) >= 11 is 0. The number of anilines is 2. The number of non-ortho nitro benzene ring substituents is 1. The molecule has 1 heterocycles. The van der Waals surface area contributed by atoms with E-state index in [2.05, 4.69) is 20.6 Å². The molecule has 0 saturated heterocycles. The number of aromatic carboxylic acids is 1. The van der Waals surface area contributed by atoms with Crippen LogP contribution in [-0.2, 0) is 0 Å². The van der Waals surface area contributed by atoms with Gasteiger partial charge in [-0.25, -0.2) is 14.6 Å². The van der Waals surface area contributed by atoms with E-state index in [0.29, 0.717) is 0 Å². The monoisotopic (exact) mass is 303 g/mol. The van der Waals surface area contributed by atoms with Crippen molar-refractivity contribution in [3.05, 3.63) is 52.5 Å². The molecular weight excluding hydrogens is 294 g/mol. The van der Waals surface area contributed by atoms with Crippen molar-refractivity contribution in [2.24, 2.45) is 0 Å². The van der Waals surface area contributed by atoms with E-state index in [9.17, 15) is 19.7 Å². The number of rotatable bonds is 4. The number of nitro benzene ring substituents is 1. The van der Waals surface area contributed by atoms with Crippen molar-refractivity contribution in [3.63, 3.8) is 0 Å². The zero-order chi connectivity index (χ0) is 16.1. The Morgan fingerprint density at radius 3 is 2.59 bits per heavy atom. The predicted molar refractivity (Wildman–Crippen MR) is 74.7 cm³/mol. The largest absolute Gasteiger partial charge is 0.478 e. The number of carboxylic acids is 1. The van der Waals surface area contributed by atoms with E-state index in [1.807, 2.05) is 0 Å². The average molecular weight is 303 g/mol. The quantitative estimate of drug-likeness (QED) is 0.575. The van der Waals surface area contributed by atoms with Crippen molar-refractivity contribution >= 4 is 29.2 Å². The SMILES string of the molecule is O=C(Nc1cnccn1)Nc1ccc([N+](=O)[O-])cc1C(=O)O. The van der Waals surface area contributed by atoms with Gasteiger partial charge in [-0.2, -0.15) is 0 Å². The first-order chi connectivity index (χ1) is 10.5. The van der Waals surface area contributed by atoms with E-state index in [1.54, 1.807) is 0 Å². The minimum Gasteiger partial charge on any atom is -0.478 e. The Morgan fingerprint density at radius 2 is 2.00 bits per heavy atom. The van der Waals surface area contributed by atoms with Crippen LogP contribution >= 0.6 is 0 Å². The first-order valence-electron chi connectivity index (χ1n) is 5.83. The van der Waals surface area contributed by atoms with Gasteiger partial charge in [0.05, 0.1) is 22.4 Å². The highest BCUT2D eigenvalue weighted by atomic mass is 16.6. The summed E-state index contributed by atoms with van der Waals surface area (Å²) in [7, 11) is 0. The number of amides is 2. The number of hydrogen-bond donors (Lipinski definition) is 3. The molecule has 112 valence electrons. The summed E-state index contributed by atoms with van der Waals surface area (Å²) in [6, 6.07) is 2.33. The number of nitrogens with one attached hydrogen (secondary N) is 2. The second-order valence-corrected chi connectivity index (χ2v) is 3.96. The van der Waals surface area contributed by atoms with Crippen LogP contribution < -0.4 is 10.6 Å². The van der Waals surface area contributed by atoms with Crippen LogP contribution in [0, 0.1) is 10.1 Å². The molecule has 2 aromatic rings. The molecule has 2 rings (SSSR count). The second kappa shape index (κ2) is 6.26. The fourth-order valence-corrected chi connectivity index (χ4v) is 1.57. The van der Waals surface area contributed by atoms with Crippen molar-refractivity contribution in [3.8, 4) is 0 Å². The summed E-state index contributed by atoms with van der Waals surface area (Å²) in [6.07, 6.45) is 4.08. The molecule has 0 aliphatic carbocycles. The number of aromatic nitrogens is 2. The van der Waals surface area contributed by atoms with Gasteiger partial charge in [0, 0.05) is 24.5 Å². The maximum atomic E-state index is 11.8. The molecule has 10 nitrogen and oxygen atoms in total. The molecule has 1 aromatic heterocycles. The number of carboxylic acid groups (broad SMARTS) is 1. The molecule has 0 fully saturated rings. The summed E-state index contributed by atoms with van der Waals surface area (Å²) in [5.41, 5.74) is -0.875. The van der Waals surface area contributed by atoms with Gasteiger partial charge in [0.1, 0.15) is 0 Å². The van der Waals surface area contributed by atoms with Gasteiger partial charge in [-0.3, -0.25) is 20.4 Å². The topological polar surface area (TPSA) is 147 Å². The molecule has 22 heavy (non-hydrogen) atoms. The summed E-state index contributed by atoms with van der Waals surface area (Å²) < 4.78 is 0. The zero-order valence-corrected chi connectivity index (χ0v) is 10.9. The van der Waals surface area contributed by atoms with Gasteiger partial charge in [-0.05, 0) is 6.07 Å². The Labute approximate surface area is 123 Å². The number of carbonyl (C=O) groups is 2. The molecule has 3 N–H and O–H groups in total. The maximum Gasteiger partial charge on any atom is 0.338 e. The number of urea groups is 1. The van der Waals surface area contributed by atoms with Crippen LogP contribution in [0.3, 0.4) is 0 Å². The number of nitro groups is 1. The van der Waals surface area contributed by atoms with E-state index in [4.69, 9.17) is 5.11 Å². The first kappa shape index (κ1) is 14.8. The molecule has 0 aliphatic heterocycles. The van der Waals surface area contributed by atoms with E-state index >= 15 is 0 Å². The molecule has 0 unspecified atom stereocenters. The van der Waals surface area contributed by atoms with Gasteiger partial charge in [0.15, 0.2) is 5.82 Å². The molecular formula is C12H9N5O5. The van der Waals surface area contributed by atoms with Gasteiger partial charge in [-0.15, -0.1) is 0 Å². The number of nitrogens with zero attached hydrogens (tertiary/aromatic N) is 3. The van der Waals surface area contributed by atoms with Crippen LogP contribution in [-0.4, -0.2) is 32.0 Å². The van der Waals surface area contributed by atoms with Gasteiger partial charge in [0.2, 0.25) is 0 Å². The number of carbonyl (C=O) groups excluding carboxylic acids is 1. The molecule has 0 saturated carbocycles.